The van der Waals surface area contributed by atoms with Crippen molar-refractivity contribution in [2.24, 2.45) is 0 Å². The molecule has 0 atom stereocenters. The molecule has 0 fully saturated rings. The van der Waals surface area contributed by atoms with Crippen LogP contribution in [-0.4, -0.2) is 15.0 Å². The van der Waals surface area contributed by atoms with Crippen LogP contribution in [0.1, 0.15) is 30.2 Å². The lowest BCUT2D eigenvalue weighted by Gasteiger charge is -2.08. The molecule has 18 heavy (non-hydrogen) atoms. The van der Waals surface area contributed by atoms with Crippen LogP contribution in [0, 0.1) is 6.92 Å². The molecule has 2 aromatic heterocycles. The van der Waals surface area contributed by atoms with Crippen LogP contribution < -0.4 is 0 Å². The number of hydrogen-bond acceptors (Lipinski definition) is 3. The molecule has 0 radical (unpaired) electrons. The van der Waals surface area contributed by atoms with Gasteiger partial charge in [0.25, 0.3) is 0 Å². The Balaban J connectivity index is 2.47. The first-order valence-electron chi connectivity index (χ1n) is 6.08. The molecule has 0 aromatic carbocycles. The fraction of sp³-hybridized carbons (Fsp3) is 0.357. The third-order valence-corrected chi connectivity index (χ3v) is 3.15. The molecule has 0 aliphatic carbocycles. The van der Waals surface area contributed by atoms with Crippen LogP contribution in [0.3, 0.4) is 0 Å². The number of halogens is 1. The van der Waals surface area contributed by atoms with E-state index >= 15 is 0 Å². The van der Waals surface area contributed by atoms with Crippen molar-refractivity contribution < 1.29 is 0 Å². The summed E-state index contributed by atoms with van der Waals surface area (Å²) in [6.45, 7) is 4.17. The first-order chi connectivity index (χ1) is 8.76. The fourth-order valence-electron chi connectivity index (χ4n) is 1.83. The van der Waals surface area contributed by atoms with Gasteiger partial charge >= 0.3 is 0 Å². The standard InChI is InChI=1S/C14H16ClN3/c1-3-4-13-11(7-15)8-17-14(18-13)12-9-16-6-5-10(12)2/h5-6,8-9H,3-4,7H2,1-2H3. The molecule has 2 heterocycles. The Labute approximate surface area is 112 Å². The lowest BCUT2D eigenvalue weighted by Crippen LogP contribution is -2.01. The second kappa shape index (κ2) is 5.91. The molecule has 0 N–H and O–H groups in total. The molecule has 2 aromatic rings. The number of alkyl halides is 1. The highest BCUT2D eigenvalue weighted by Crippen LogP contribution is 2.20. The summed E-state index contributed by atoms with van der Waals surface area (Å²) >= 11 is 5.91. The van der Waals surface area contributed by atoms with Gasteiger partial charge in [0.15, 0.2) is 5.82 Å². The van der Waals surface area contributed by atoms with Gasteiger partial charge in [0.05, 0.1) is 5.88 Å². The van der Waals surface area contributed by atoms with Gasteiger partial charge in [-0.15, -0.1) is 11.6 Å². The maximum absolute atomic E-state index is 5.91. The first kappa shape index (κ1) is 13.0. The maximum Gasteiger partial charge on any atom is 0.161 e. The van der Waals surface area contributed by atoms with Gasteiger partial charge in [0, 0.05) is 35.4 Å². The summed E-state index contributed by atoms with van der Waals surface area (Å²) < 4.78 is 0. The van der Waals surface area contributed by atoms with Gasteiger partial charge in [0.1, 0.15) is 0 Å². The zero-order valence-corrected chi connectivity index (χ0v) is 11.4. The zero-order valence-electron chi connectivity index (χ0n) is 10.7. The number of aryl methyl sites for hydroxylation is 2. The summed E-state index contributed by atoms with van der Waals surface area (Å²) in [5, 5.41) is 0. The van der Waals surface area contributed by atoms with Gasteiger partial charge < -0.3 is 0 Å². The minimum Gasteiger partial charge on any atom is -0.264 e. The van der Waals surface area contributed by atoms with E-state index in [1.165, 1.54) is 0 Å². The van der Waals surface area contributed by atoms with Crippen LogP contribution in [0.5, 0.6) is 0 Å². The van der Waals surface area contributed by atoms with Crippen LogP contribution in [0.25, 0.3) is 11.4 Å². The highest BCUT2D eigenvalue weighted by atomic mass is 35.5. The highest BCUT2D eigenvalue weighted by Gasteiger charge is 2.09. The molecule has 0 saturated carbocycles. The average molecular weight is 262 g/mol. The van der Waals surface area contributed by atoms with E-state index in [4.69, 9.17) is 11.6 Å². The molecular formula is C14H16ClN3. The van der Waals surface area contributed by atoms with E-state index in [1.54, 1.807) is 12.4 Å². The molecular weight excluding hydrogens is 246 g/mol. The van der Waals surface area contributed by atoms with Crippen molar-refractivity contribution >= 4 is 11.6 Å². The van der Waals surface area contributed by atoms with E-state index in [0.29, 0.717) is 5.88 Å². The molecule has 4 heteroatoms. The second-order valence-electron chi connectivity index (χ2n) is 4.24. The topological polar surface area (TPSA) is 38.7 Å². The Bertz CT molecular complexity index is 540. The molecule has 2 rings (SSSR count). The van der Waals surface area contributed by atoms with E-state index in [0.717, 1.165) is 41.1 Å². The number of nitrogens with zero attached hydrogens (tertiary/aromatic N) is 3. The summed E-state index contributed by atoms with van der Waals surface area (Å²) in [5.41, 5.74) is 4.17. The Morgan fingerprint density at radius 3 is 2.78 bits per heavy atom. The van der Waals surface area contributed by atoms with Crippen molar-refractivity contribution in [2.45, 2.75) is 32.6 Å². The molecule has 0 saturated heterocycles. The Hall–Kier alpha value is -1.48. The monoisotopic (exact) mass is 261 g/mol. The molecule has 0 spiro atoms. The number of pyridine rings is 1. The van der Waals surface area contributed by atoms with Gasteiger partial charge in [-0.3, -0.25) is 4.98 Å². The molecule has 3 nitrogen and oxygen atoms in total. The third-order valence-electron chi connectivity index (χ3n) is 2.86. The normalized spacial score (nSPS) is 10.6. The zero-order chi connectivity index (χ0) is 13.0. The lowest BCUT2D eigenvalue weighted by molar-refractivity contribution is 0.859. The highest BCUT2D eigenvalue weighted by molar-refractivity contribution is 6.17. The average Bonchev–Trinajstić information content (AvgIpc) is 2.40. The predicted octanol–water partition coefficient (Wildman–Crippen LogP) is 3.54. The van der Waals surface area contributed by atoms with Crippen molar-refractivity contribution in [3.05, 3.63) is 41.5 Å². The lowest BCUT2D eigenvalue weighted by atomic mass is 10.1. The Morgan fingerprint density at radius 1 is 1.28 bits per heavy atom. The number of hydrogen-bond donors (Lipinski definition) is 0. The quantitative estimate of drug-likeness (QED) is 0.790. The van der Waals surface area contributed by atoms with E-state index < -0.39 is 0 Å². The van der Waals surface area contributed by atoms with E-state index in [9.17, 15) is 0 Å². The number of rotatable bonds is 4. The molecule has 0 unspecified atom stereocenters. The Morgan fingerprint density at radius 2 is 2.11 bits per heavy atom. The fourth-order valence-corrected chi connectivity index (χ4v) is 2.06. The molecule has 0 bridgehead atoms. The summed E-state index contributed by atoms with van der Waals surface area (Å²) in [6.07, 6.45) is 7.38. The molecule has 0 aliphatic heterocycles. The van der Waals surface area contributed by atoms with E-state index in [2.05, 4.69) is 21.9 Å². The summed E-state index contributed by atoms with van der Waals surface area (Å²) in [6, 6.07) is 1.97. The van der Waals surface area contributed by atoms with Gasteiger partial charge in [-0.2, -0.15) is 0 Å². The number of aromatic nitrogens is 3. The molecule has 94 valence electrons. The van der Waals surface area contributed by atoms with Crippen LogP contribution in [0.4, 0.5) is 0 Å². The minimum atomic E-state index is 0.460. The third kappa shape index (κ3) is 2.67. The second-order valence-corrected chi connectivity index (χ2v) is 4.51. The van der Waals surface area contributed by atoms with Crippen molar-refractivity contribution in [1.29, 1.82) is 0 Å². The van der Waals surface area contributed by atoms with Gasteiger partial charge in [-0.1, -0.05) is 13.3 Å². The van der Waals surface area contributed by atoms with Gasteiger partial charge in [-0.05, 0) is 25.0 Å². The van der Waals surface area contributed by atoms with Crippen LogP contribution in [-0.2, 0) is 12.3 Å². The van der Waals surface area contributed by atoms with E-state index in [-0.39, 0.29) is 0 Å². The molecule has 0 aliphatic rings. The van der Waals surface area contributed by atoms with Crippen molar-refractivity contribution in [3.63, 3.8) is 0 Å². The maximum atomic E-state index is 5.91. The molecule has 0 amide bonds. The summed E-state index contributed by atoms with van der Waals surface area (Å²) in [7, 11) is 0. The SMILES string of the molecule is CCCc1nc(-c2cnccc2C)ncc1CCl. The van der Waals surface area contributed by atoms with E-state index in [1.807, 2.05) is 19.2 Å². The van der Waals surface area contributed by atoms with Crippen LogP contribution in [0.2, 0.25) is 0 Å². The largest absolute Gasteiger partial charge is 0.264 e. The summed E-state index contributed by atoms with van der Waals surface area (Å²) in [5.74, 6) is 1.19. The van der Waals surface area contributed by atoms with Crippen molar-refractivity contribution in [1.82, 2.24) is 15.0 Å². The summed E-state index contributed by atoms with van der Waals surface area (Å²) in [4.78, 5) is 13.2. The first-order valence-corrected chi connectivity index (χ1v) is 6.61. The van der Waals surface area contributed by atoms with Crippen LogP contribution >= 0.6 is 11.6 Å². The Kier molecular flexibility index (Phi) is 4.26. The van der Waals surface area contributed by atoms with Crippen molar-refractivity contribution in [2.75, 3.05) is 0 Å². The minimum absolute atomic E-state index is 0.460. The van der Waals surface area contributed by atoms with Crippen molar-refractivity contribution in [3.8, 4) is 11.4 Å². The van der Waals surface area contributed by atoms with Gasteiger partial charge in [-0.25, -0.2) is 9.97 Å². The van der Waals surface area contributed by atoms with Gasteiger partial charge in [0.2, 0.25) is 0 Å². The van der Waals surface area contributed by atoms with Crippen LogP contribution in [0.15, 0.2) is 24.7 Å². The predicted molar refractivity (Wildman–Crippen MR) is 73.6 cm³/mol. The smallest absolute Gasteiger partial charge is 0.161 e.